The number of aromatic nitrogens is 4. The first-order valence-corrected chi connectivity index (χ1v) is 11.1. The van der Waals surface area contributed by atoms with Gasteiger partial charge in [-0.05, 0) is 30.3 Å². The summed E-state index contributed by atoms with van der Waals surface area (Å²) < 4.78 is 1.65. The summed E-state index contributed by atoms with van der Waals surface area (Å²) in [4.78, 5) is 46.6. The van der Waals surface area contributed by atoms with Gasteiger partial charge in [0.05, 0.1) is 5.92 Å². The van der Waals surface area contributed by atoms with Gasteiger partial charge >= 0.3 is 0 Å². The van der Waals surface area contributed by atoms with Crippen molar-refractivity contribution in [1.82, 2.24) is 30.4 Å². The second kappa shape index (κ2) is 10.6. The number of nitrogens with zero attached hydrogens (tertiary/aromatic N) is 5. The van der Waals surface area contributed by atoms with Crippen LogP contribution in [0, 0.1) is 5.92 Å². The molecule has 2 aromatic heterocycles. The van der Waals surface area contributed by atoms with Gasteiger partial charge in [-0.3, -0.25) is 14.4 Å². The fraction of sp³-hybridized carbons (Fsp3) is 0.304. The van der Waals surface area contributed by atoms with Crippen LogP contribution in [0.2, 0.25) is 0 Å². The van der Waals surface area contributed by atoms with E-state index in [1.54, 1.807) is 48.3 Å². The first-order chi connectivity index (χ1) is 16.5. The zero-order valence-electron chi connectivity index (χ0n) is 18.8. The van der Waals surface area contributed by atoms with Crippen LogP contribution in [0.1, 0.15) is 23.7 Å². The van der Waals surface area contributed by atoms with Crippen molar-refractivity contribution in [2.24, 2.45) is 5.92 Å². The van der Waals surface area contributed by atoms with Crippen molar-refractivity contribution >= 4 is 29.2 Å². The molecule has 0 bridgehead atoms. The molecule has 1 aliphatic heterocycles. The molecular formula is C23H26N8O3. The molecule has 34 heavy (non-hydrogen) atoms. The first kappa shape index (κ1) is 22.9. The lowest BCUT2D eigenvalue weighted by Crippen LogP contribution is -2.54. The van der Waals surface area contributed by atoms with Crippen LogP contribution in [0.3, 0.4) is 0 Å². The molecule has 176 valence electrons. The second-order valence-corrected chi connectivity index (χ2v) is 7.81. The van der Waals surface area contributed by atoms with Gasteiger partial charge in [0.15, 0.2) is 5.82 Å². The summed E-state index contributed by atoms with van der Waals surface area (Å²) in [5.41, 5.74) is 1.12. The third-order valence-electron chi connectivity index (χ3n) is 5.42. The monoisotopic (exact) mass is 462 g/mol. The lowest BCUT2D eigenvalue weighted by Gasteiger charge is -2.39. The minimum atomic E-state index is -0.241. The molecule has 11 heteroatoms. The van der Waals surface area contributed by atoms with Gasteiger partial charge < -0.3 is 20.9 Å². The minimum Gasteiger partial charge on any atom is -0.355 e. The van der Waals surface area contributed by atoms with E-state index in [-0.39, 0.29) is 23.6 Å². The highest BCUT2D eigenvalue weighted by Gasteiger charge is 2.33. The molecule has 11 nitrogen and oxygen atoms in total. The molecular weight excluding hydrogens is 436 g/mol. The Morgan fingerprint density at radius 1 is 1.03 bits per heavy atom. The topological polar surface area (TPSA) is 134 Å². The predicted molar refractivity (Wildman–Crippen MR) is 126 cm³/mol. The number of nitrogens with one attached hydrogen (secondary N) is 3. The number of hydrogen-bond acceptors (Lipinski definition) is 7. The Balaban J connectivity index is 1.16. The van der Waals surface area contributed by atoms with Crippen molar-refractivity contribution in [1.29, 1.82) is 0 Å². The maximum absolute atomic E-state index is 12.4. The lowest BCUT2D eigenvalue weighted by atomic mass is 9.99. The van der Waals surface area contributed by atoms with Crippen LogP contribution < -0.4 is 20.9 Å². The number of anilines is 2. The van der Waals surface area contributed by atoms with E-state index >= 15 is 0 Å². The molecule has 4 rings (SSSR count). The molecule has 0 atom stereocenters. The number of hydrogen-bond donors (Lipinski definition) is 3. The average Bonchev–Trinajstić information content (AvgIpc) is 3.36. The van der Waals surface area contributed by atoms with E-state index in [9.17, 15) is 14.4 Å². The van der Waals surface area contributed by atoms with Crippen LogP contribution in [-0.2, 0) is 9.59 Å². The summed E-state index contributed by atoms with van der Waals surface area (Å²) in [7, 11) is 0. The van der Waals surface area contributed by atoms with Gasteiger partial charge in [0.2, 0.25) is 11.8 Å². The average molecular weight is 463 g/mol. The van der Waals surface area contributed by atoms with Crippen molar-refractivity contribution in [2.75, 3.05) is 36.4 Å². The zero-order valence-corrected chi connectivity index (χ0v) is 18.8. The normalized spacial score (nSPS) is 13.1. The molecule has 1 aliphatic rings. The van der Waals surface area contributed by atoms with Crippen LogP contribution in [-0.4, -0.2) is 63.6 Å². The molecule has 1 fully saturated rings. The standard InChI is InChI=1S/C23H26N8O3/c1-2-21(32)29-18-6-4-16(5-7-18)22(33)24-9-10-25-23(34)17-13-30(14-17)19-12-20(27-15-26-19)31-11-3-8-28-31/h3-8,11-12,15,17H,2,9-10,13-14H2,1H3,(H,24,33)(H,25,34)(H,29,32). The highest BCUT2D eigenvalue weighted by molar-refractivity contribution is 5.95. The molecule has 0 aliphatic carbocycles. The number of benzene rings is 1. The van der Waals surface area contributed by atoms with Crippen LogP contribution in [0.5, 0.6) is 0 Å². The van der Waals surface area contributed by atoms with Gasteiger partial charge in [0.1, 0.15) is 12.1 Å². The Morgan fingerprint density at radius 2 is 1.76 bits per heavy atom. The van der Waals surface area contributed by atoms with E-state index in [2.05, 4.69) is 31.0 Å². The van der Waals surface area contributed by atoms with Crippen molar-refractivity contribution in [3.63, 3.8) is 0 Å². The molecule has 3 amide bonds. The van der Waals surface area contributed by atoms with Crippen molar-refractivity contribution in [2.45, 2.75) is 13.3 Å². The maximum Gasteiger partial charge on any atom is 0.251 e. The smallest absolute Gasteiger partial charge is 0.251 e. The second-order valence-electron chi connectivity index (χ2n) is 7.81. The SMILES string of the molecule is CCC(=O)Nc1ccc(C(=O)NCCNC(=O)C2CN(c3cc(-n4cccn4)ncn3)C2)cc1. The summed E-state index contributed by atoms with van der Waals surface area (Å²) in [6.45, 7) is 3.55. The largest absolute Gasteiger partial charge is 0.355 e. The van der Waals surface area contributed by atoms with Crippen LogP contribution in [0.25, 0.3) is 5.82 Å². The molecule has 1 aromatic carbocycles. The summed E-state index contributed by atoms with van der Waals surface area (Å²) in [6.07, 6.45) is 5.36. The first-order valence-electron chi connectivity index (χ1n) is 11.1. The number of amides is 3. The molecule has 3 N–H and O–H groups in total. The molecule has 3 heterocycles. The Bertz CT molecular complexity index is 1140. The minimum absolute atomic E-state index is 0.0529. The fourth-order valence-electron chi connectivity index (χ4n) is 3.43. The predicted octanol–water partition coefficient (Wildman–Crippen LogP) is 0.993. The Labute approximate surface area is 196 Å². The van der Waals surface area contributed by atoms with Gasteiger partial charge in [0, 0.05) is 62.3 Å². The van der Waals surface area contributed by atoms with Crippen LogP contribution >= 0.6 is 0 Å². The summed E-state index contributed by atoms with van der Waals surface area (Å²) in [5.74, 6) is 0.899. The van der Waals surface area contributed by atoms with Gasteiger partial charge in [-0.1, -0.05) is 6.92 Å². The maximum atomic E-state index is 12.4. The van der Waals surface area contributed by atoms with E-state index in [1.165, 1.54) is 6.33 Å². The van der Waals surface area contributed by atoms with E-state index < -0.39 is 0 Å². The quantitative estimate of drug-likeness (QED) is 0.404. The van der Waals surface area contributed by atoms with Crippen molar-refractivity contribution in [3.05, 3.63) is 60.7 Å². The van der Waals surface area contributed by atoms with Crippen LogP contribution in [0.4, 0.5) is 11.5 Å². The molecule has 0 radical (unpaired) electrons. The third-order valence-corrected chi connectivity index (χ3v) is 5.42. The third kappa shape index (κ3) is 5.55. The lowest BCUT2D eigenvalue weighted by molar-refractivity contribution is -0.125. The van der Waals surface area contributed by atoms with Gasteiger partial charge in [0.25, 0.3) is 5.91 Å². The number of rotatable bonds is 9. The number of carbonyl (C=O) groups is 3. The van der Waals surface area contributed by atoms with E-state index in [4.69, 9.17) is 0 Å². The highest BCUT2D eigenvalue weighted by Crippen LogP contribution is 2.23. The van der Waals surface area contributed by atoms with Crippen molar-refractivity contribution < 1.29 is 14.4 Å². The van der Waals surface area contributed by atoms with Crippen LogP contribution in [0.15, 0.2) is 55.1 Å². The van der Waals surface area contributed by atoms with Crippen molar-refractivity contribution in [3.8, 4) is 5.82 Å². The van der Waals surface area contributed by atoms with E-state index in [0.717, 1.165) is 5.82 Å². The van der Waals surface area contributed by atoms with Gasteiger partial charge in [-0.2, -0.15) is 5.10 Å². The molecule has 0 spiro atoms. The van der Waals surface area contributed by atoms with E-state index in [0.29, 0.717) is 49.7 Å². The molecule has 0 unspecified atom stereocenters. The molecule has 0 saturated carbocycles. The molecule has 1 saturated heterocycles. The Kier molecular flexibility index (Phi) is 7.11. The number of carbonyl (C=O) groups excluding carboxylic acids is 3. The zero-order chi connectivity index (χ0) is 23.9. The summed E-state index contributed by atoms with van der Waals surface area (Å²) in [6, 6.07) is 10.3. The van der Waals surface area contributed by atoms with Gasteiger partial charge in [-0.25, -0.2) is 14.6 Å². The van der Waals surface area contributed by atoms with E-state index in [1.807, 2.05) is 17.0 Å². The summed E-state index contributed by atoms with van der Waals surface area (Å²) in [5, 5.41) is 12.5. The Morgan fingerprint density at radius 3 is 2.47 bits per heavy atom. The summed E-state index contributed by atoms with van der Waals surface area (Å²) >= 11 is 0. The highest BCUT2D eigenvalue weighted by atomic mass is 16.2. The molecule has 3 aromatic rings. The Hall–Kier alpha value is -4.28. The van der Waals surface area contributed by atoms with Gasteiger partial charge in [-0.15, -0.1) is 0 Å². The fourth-order valence-corrected chi connectivity index (χ4v) is 3.43.